The van der Waals surface area contributed by atoms with Crippen molar-refractivity contribution >= 4 is 0 Å². The largest absolute Gasteiger partial charge is 0.383 e. The first-order valence-electron chi connectivity index (χ1n) is 7.33. The Morgan fingerprint density at radius 1 is 1.37 bits per heavy atom. The van der Waals surface area contributed by atoms with Crippen LogP contribution in [0.5, 0.6) is 0 Å². The molecule has 1 aromatic carbocycles. The van der Waals surface area contributed by atoms with Gasteiger partial charge in [-0.3, -0.25) is 4.90 Å². The fourth-order valence-corrected chi connectivity index (χ4v) is 2.80. The minimum atomic E-state index is 0.317. The van der Waals surface area contributed by atoms with Crippen molar-refractivity contribution in [2.24, 2.45) is 5.73 Å². The van der Waals surface area contributed by atoms with Crippen LogP contribution in [-0.4, -0.2) is 38.3 Å². The normalized spacial score (nSPS) is 16.8. The van der Waals surface area contributed by atoms with Crippen molar-refractivity contribution in [2.75, 3.05) is 33.4 Å². The molecular formula is C16H26N2O. The highest BCUT2D eigenvalue weighted by Crippen LogP contribution is 2.43. The predicted molar refractivity (Wildman–Crippen MR) is 79.3 cm³/mol. The fraction of sp³-hybridized carbons (Fsp3) is 0.625. The molecular weight excluding hydrogens is 236 g/mol. The standard InChI is InChI=1S/C16H26N2O/c1-3-18(10-11-19-2)16(12-17)15-7-5-4-6-14(15)13-8-9-13/h4-7,13,16H,3,8-12,17H2,1-2H3. The van der Waals surface area contributed by atoms with Crippen LogP contribution < -0.4 is 5.73 Å². The Labute approximate surface area is 116 Å². The number of ether oxygens (including phenoxy) is 1. The number of nitrogens with two attached hydrogens (primary N) is 1. The van der Waals surface area contributed by atoms with Gasteiger partial charge in [0.15, 0.2) is 0 Å². The third kappa shape index (κ3) is 3.56. The van der Waals surface area contributed by atoms with Gasteiger partial charge < -0.3 is 10.5 Å². The van der Waals surface area contributed by atoms with E-state index in [1.165, 1.54) is 24.0 Å². The van der Waals surface area contributed by atoms with Gasteiger partial charge in [0.25, 0.3) is 0 Å². The second-order valence-corrected chi connectivity index (χ2v) is 5.28. The first kappa shape index (κ1) is 14.5. The zero-order chi connectivity index (χ0) is 13.7. The fourth-order valence-electron chi connectivity index (χ4n) is 2.80. The Bertz CT molecular complexity index is 390. The molecule has 0 aromatic heterocycles. The second kappa shape index (κ2) is 7.04. The lowest BCUT2D eigenvalue weighted by Gasteiger charge is -2.31. The van der Waals surface area contributed by atoms with E-state index in [2.05, 4.69) is 36.1 Å². The molecule has 106 valence electrons. The second-order valence-electron chi connectivity index (χ2n) is 5.28. The van der Waals surface area contributed by atoms with E-state index in [1.807, 2.05) is 0 Å². The Hall–Kier alpha value is -0.900. The van der Waals surface area contributed by atoms with Gasteiger partial charge in [0.2, 0.25) is 0 Å². The van der Waals surface area contributed by atoms with Gasteiger partial charge in [-0.25, -0.2) is 0 Å². The summed E-state index contributed by atoms with van der Waals surface area (Å²) in [7, 11) is 1.75. The van der Waals surface area contributed by atoms with Gasteiger partial charge in [0.05, 0.1) is 6.61 Å². The molecule has 1 fully saturated rings. The van der Waals surface area contributed by atoms with Crippen LogP contribution in [0.4, 0.5) is 0 Å². The maximum Gasteiger partial charge on any atom is 0.0589 e. The molecule has 1 aromatic rings. The van der Waals surface area contributed by atoms with E-state index in [0.717, 1.165) is 25.6 Å². The average molecular weight is 262 g/mol. The van der Waals surface area contributed by atoms with Gasteiger partial charge >= 0.3 is 0 Å². The molecule has 0 spiro atoms. The summed E-state index contributed by atoms with van der Waals surface area (Å²) in [6.07, 6.45) is 2.66. The zero-order valence-corrected chi connectivity index (χ0v) is 12.1. The summed E-state index contributed by atoms with van der Waals surface area (Å²) < 4.78 is 5.21. The molecule has 0 aliphatic heterocycles. The number of likely N-dealkylation sites (N-methyl/N-ethyl adjacent to an activating group) is 1. The predicted octanol–water partition coefficient (Wildman–Crippen LogP) is 2.53. The highest BCUT2D eigenvalue weighted by Gasteiger charge is 2.29. The van der Waals surface area contributed by atoms with E-state index in [1.54, 1.807) is 7.11 Å². The minimum absolute atomic E-state index is 0.317. The molecule has 1 atom stereocenters. The van der Waals surface area contributed by atoms with Crippen molar-refractivity contribution in [3.63, 3.8) is 0 Å². The zero-order valence-electron chi connectivity index (χ0n) is 12.1. The van der Waals surface area contributed by atoms with Crippen molar-refractivity contribution in [2.45, 2.75) is 31.7 Å². The molecule has 1 aliphatic rings. The van der Waals surface area contributed by atoms with Crippen LogP contribution in [-0.2, 0) is 4.74 Å². The number of nitrogens with zero attached hydrogens (tertiary/aromatic N) is 1. The van der Waals surface area contributed by atoms with Gasteiger partial charge in [0, 0.05) is 26.2 Å². The number of hydrogen-bond acceptors (Lipinski definition) is 3. The van der Waals surface area contributed by atoms with Crippen molar-refractivity contribution in [3.05, 3.63) is 35.4 Å². The summed E-state index contributed by atoms with van der Waals surface area (Å²) in [5, 5.41) is 0. The minimum Gasteiger partial charge on any atom is -0.383 e. The van der Waals surface area contributed by atoms with E-state index in [9.17, 15) is 0 Å². The molecule has 3 heteroatoms. The molecule has 0 heterocycles. The third-order valence-corrected chi connectivity index (χ3v) is 4.03. The first-order chi connectivity index (χ1) is 9.31. The van der Waals surface area contributed by atoms with Gasteiger partial charge in [-0.15, -0.1) is 0 Å². The summed E-state index contributed by atoms with van der Waals surface area (Å²) >= 11 is 0. The van der Waals surface area contributed by atoms with Crippen molar-refractivity contribution in [1.29, 1.82) is 0 Å². The van der Waals surface area contributed by atoms with Gasteiger partial charge in [-0.1, -0.05) is 31.2 Å². The quantitative estimate of drug-likeness (QED) is 0.782. The van der Waals surface area contributed by atoms with E-state index < -0.39 is 0 Å². The van der Waals surface area contributed by atoms with Crippen LogP contribution in [0.2, 0.25) is 0 Å². The summed E-state index contributed by atoms with van der Waals surface area (Å²) in [5.41, 5.74) is 8.99. The van der Waals surface area contributed by atoms with Crippen molar-refractivity contribution < 1.29 is 4.74 Å². The van der Waals surface area contributed by atoms with Gasteiger partial charge in [0.1, 0.15) is 0 Å². The number of hydrogen-bond donors (Lipinski definition) is 1. The number of methoxy groups -OCH3 is 1. The maximum absolute atomic E-state index is 6.06. The molecule has 2 N–H and O–H groups in total. The van der Waals surface area contributed by atoms with Crippen LogP contribution in [0, 0.1) is 0 Å². The number of benzene rings is 1. The molecule has 19 heavy (non-hydrogen) atoms. The SMILES string of the molecule is CCN(CCOC)C(CN)c1ccccc1C1CC1. The lowest BCUT2D eigenvalue weighted by atomic mass is 9.96. The van der Waals surface area contributed by atoms with E-state index in [0.29, 0.717) is 12.6 Å². The van der Waals surface area contributed by atoms with Crippen LogP contribution >= 0.6 is 0 Å². The van der Waals surface area contributed by atoms with Crippen molar-refractivity contribution in [3.8, 4) is 0 Å². The van der Waals surface area contributed by atoms with E-state index >= 15 is 0 Å². The van der Waals surface area contributed by atoms with Crippen LogP contribution in [0.3, 0.4) is 0 Å². The summed E-state index contributed by atoms with van der Waals surface area (Å²) in [5.74, 6) is 0.770. The lowest BCUT2D eigenvalue weighted by molar-refractivity contribution is 0.125. The van der Waals surface area contributed by atoms with E-state index in [-0.39, 0.29) is 0 Å². The first-order valence-corrected chi connectivity index (χ1v) is 7.33. The molecule has 3 nitrogen and oxygen atoms in total. The summed E-state index contributed by atoms with van der Waals surface area (Å²) in [4.78, 5) is 2.42. The Morgan fingerprint density at radius 2 is 2.11 bits per heavy atom. The molecule has 1 unspecified atom stereocenters. The molecule has 1 aliphatic carbocycles. The Morgan fingerprint density at radius 3 is 2.68 bits per heavy atom. The molecule has 2 rings (SSSR count). The average Bonchev–Trinajstić information content (AvgIpc) is 3.28. The summed E-state index contributed by atoms with van der Waals surface area (Å²) in [6.45, 7) is 5.56. The molecule has 0 bridgehead atoms. The smallest absolute Gasteiger partial charge is 0.0589 e. The molecule has 1 saturated carbocycles. The van der Waals surface area contributed by atoms with Crippen LogP contribution in [0.25, 0.3) is 0 Å². The molecule has 0 saturated heterocycles. The summed E-state index contributed by atoms with van der Waals surface area (Å²) in [6, 6.07) is 9.13. The van der Waals surface area contributed by atoms with Crippen molar-refractivity contribution in [1.82, 2.24) is 4.90 Å². The monoisotopic (exact) mass is 262 g/mol. The topological polar surface area (TPSA) is 38.5 Å². The number of rotatable bonds is 8. The van der Waals surface area contributed by atoms with Gasteiger partial charge in [-0.05, 0) is 36.4 Å². The molecule has 0 amide bonds. The maximum atomic E-state index is 6.06. The Balaban J connectivity index is 2.19. The van der Waals surface area contributed by atoms with E-state index in [4.69, 9.17) is 10.5 Å². The third-order valence-electron chi connectivity index (χ3n) is 4.03. The molecule has 0 radical (unpaired) electrons. The highest BCUT2D eigenvalue weighted by molar-refractivity contribution is 5.35. The van der Waals surface area contributed by atoms with Crippen LogP contribution in [0.1, 0.15) is 42.9 Å². The lowest BCUT2D eigenvalue weighted by Crippen LogP contribution is -2.36. The van der Waals surface area contributed by atoms with Crippen LogP contribution in [0.15, 0.2) is 24.3 Å². The Kier molecular flexibility index (Phi) is 5.37. The van der Waals surface area contributed by atoms with Gasteiger partial charge in [-0.2, -0.15) is 0 Å². The highest BCUT2D eigenvalue weighted by atomic mass is 16.5.